The molecule has 0 bridgehead atoms. The van der Waals surface area contributed by atoms with Crippen molar-refractivity contribution < 1.29 is 9.53 Å². The van der Waals surface area contributed by atoms with Crippen molar-refractivity contribution in [1.82, 2.24) is 0 Å². The fourth-order valence-corrected chi connectivity index (χ4v) is 3.69. The molecule has 1 heterocycles. The minimum atomic E-state index is 0.737. The van der Waals surface area contributed by atoms with Crippen molar-refractivity contribution in [3.8, 4) is 5.06 Å². The summed E-state index contributed by atoms with van der Waals surface area (Å²) >= 11 is 1.42. The van der Waals surface area contributed by atoms with Crippen LogP contribution in [0, 0.1) is 0 Å². The summed E-state index contributed by atoms with van der Waals surface area (Å²) in [4.78, 5) is 11.3. The highest BCUT2D eigenvalue weighted by Crippen LogP contribution is 2.23. The third-order valence-corrected chi connectivity index (χ3v) is 5.54. The van der Waals surface area contributed by atoms with E-state index in [1.54, 1.807) is 0 Å². The maximum Gasteiger partial charge on any atom is 0.174 e. The Labute approximate surface area is 165 Å². The van der Waals surface area contributed by atoms with Crippen LogP contribution in [0.2, 0.25) is 0 Å². The zero-order chi connectivity index (χ0) is 18.7. The molecule has 1 aromatic rings. The molecular weight excluding hydrogens is 340 g/mol. The van der Waals surface area contributed by atoms with Gasteiger partial charge < -0.3 is 4.74 Å². The maximum atomic E-state index is 10.6. The minimum Gasteiger partial charge on any atom is -0.484 e. The van der Waals surface area contributed by atoms with Gasteiger partial charge in [-0.25, -0.2) is 0 Å². The average molecular weight is 379 g/mol. The summed E-state index contributed by atoms with van der Waals surface area (Å²) in [5.74, 6) is 0. The number of ether oxygens (including phenoxy) is 1. The molecule has 0 N–H and O–H groups in total. The highest BCUT2D eigenvalue weighted by atomic mass is 32.1. The van der Waals surface area contributed by atoms with Gasteiger partial charge in [-0.15, -0.1) is 0 Å². The summed E-state index contributed by atoms with van der Waals surface area (Å²) in [5, 5.41) is 0.861. The molecule has 0 spiro atoms. The van der Waals surface area contributed by atoms with Gasteiger partial charge in [0, 0.05) is 0 Å². The minimum absolute atomic E-state index is 0.737. The summed E-state index contributed by atoms with van der Waals surface area (Å²) in [6.45, 7) is 3.04. The molecule has 0 unspecified atom stereocenters. The van der Waals surface area contributed by atoms with Crippen LogP contribution in [-0.2, 0) is 0 Å². The van der Waals surface area contributed by atoms with Crippen LogP contribution in [0.4, 0.5) is 0 Å². The van der Waals surface area contributed by atoms with Crippen molar-refractivity contribution in [3.05, 3.63) is 29.2 Å². The Hall–Kier alpha value is -1.09. The van der Waals surface area contributed by atoms with Crippen LogP contribution < -0.4 is 4.74 Å². The number of hydrogen-bond donors (Lipinski definition) is 0. The number of carbonyl (C=O) groups excluding carboxylic acids is 1. The SMILES string of the molecule is CCCCCCCC/C=C/CCCCCCCCOc1ccc(C=O)s1. The average Bonchev–Trinajstić information content (AvgIpc) is 3.12. The van der Waals surface area contributed by atoms with Crippen LogP contribution >= 0.6 is 11.3 Å². The summed E-state index contributed by atoms with van der Waals surface area (Å²) < 4.78 is 5.66. The third-order valence-electron chi connectivity index (χ3n) is 4.62. The van der Waals surface area contributed by atoms with E-state index in [9.17, 15) is 4.79 Å². The fourth-order valence-electron chi connectivity index (χ4n) is 3.00. The van der Waals surface area contributed by atoms with Crippen molar-refractivity contribution in [2.24, 2.45) is 0 Å². The highest BCUT2D eigenvalue weighted by Gasteiger charge is 1.99. The number of thiophene rings is 1. The zero-order valence-electron chi connectivity index (χ0n) is 16.7. The number of rotatable bonds is 18. The van der Waals surface area contributed by atoms with Crippen molar-refractivity contribution >= 4 is 17.6 Å². The van der Waals surface area contributed by atoms with E-state index >= 15 is 0 Å². The Bertz CT molecular complexity index is 465. The monoisotopic (exact) mass is 378 g/mol. The molecule has 148 valence electrons. The van der Waals surface area contributed by atoms with Crippen LogP contribution in [0.5, 0.6) is 5.06 Å². The number of carbonyl (C=O) groups is 1. The fraction of sp³-hybridized carbons (Fsp3) is 0.696. The lowest BCUT2D eigenvalue weighted by atomic mass is 10.1. The molecule has 26 heavy (non-hydrogen) atoms. The van der Waals surface area contributed by atoms with Gasteiger partial charge in [-0.2, -0.15) is 0 Å². The van der Waals surface area contributed by atoms with Gasteiger partial charge in [0.1, 0.15) is 0 Å². The van der Waals surface area contributed by atoms with Gasteiger partial charge in [0.05, 0.1) is 11.5 Å². The smallest absolute Gasteiger partial charge is 0.174 e. The van der Waals surface area contributed by atoms with E-state index in [0.717, 1.165) is 29.3 Å². The molecule has 0 radical (unpaired) electrons. The van der Waals surface area contributed by atoms with Gasteiger partial charge in [0.15, 0.2) is 11.3 Å². The summed E-state index contributed by atoms with van der Waals surface area (Å²) in [5.41, 5.74) is 0. The van der Waals surface area contributed by atoms with E-state index in [4.69, 9.17) is 4.74 Å². The van der Waals surface area contributed by atoms with E-state index in [1.807, 2.05) is 12.1 Å². The van der Waals surface area contributed by atoms with Gasteiger partial charge in [-0.3, -0.25) is 4.79 Å². The quantitative estimate of drug-likeness (QED) is 0.147. The normalized spacial score (nSPS) is 11.3. The molecule has 0 saturated carbocycles. The number of hydrogen-bond acceptors (Lipinski definition) is 3. The summed E-state index contributed by atoms with van der Waals surface area (Å²) in [6, 6.07) is 3.70. The second-order valence-corrected chi connectivity index (χ2v) is 8.14. The number of allylic oxidation sites excluding steroid dienone is 2. The van der Waals surface area contributed by atoms with Crippen molar-refractivity contribution in [2.75, 3.05) is 6.61 Å². The second-order valence-electron chi connectivity index (χ2n) is 7.06. The van der Waals surface area contributed by atoms with E-state index in [0.29, 0.717) is 0 Å². The van der Waals surface area contributed by atoms with E-state index < -0.39 is 0 Å². The Kier molecular flexibility index (Phi) is 15.3. The second kappa shape index (κ2) is 17.3. The Morgan fingerprint density at radius 3 is 1.96 bits per heavy atom. The lowest BCUT2D eigenvalue weighted by molar-refractivity contribution is 0.112. The van der Waals surface area contributed by atoms with Crippen LogP contribution in [0.3, 0.4) is 0 Å². The molecule has 0 saturated heterocycles. The first-order valence-corrected chi connectivity index (χ1v) is 11.5. The van der Waals surface area contributed by atoms with Gasteiger partial charge in [0.25, 0.3) is 0 Å². The molecule has 0 aromatic carbocycles. The standard InChI is InChI=1S/C23H38O2S/c1-2-3-4-5-6-7-8-9-10-11-12-13-14-15-16-17-20-25-23-19-18-22(21-24)26-23/h9-10,18-19,21H,2-8,11-17,20H2,1H3/b10-9+. The molecule has 1 rings (SSSR count). The van der Waals surface area contributed by atoms with Crippen LogP contribution in [0.15, 0.2) is 24.3 Å². The molecule has 0 atom stereocenters. The highest BCUT2D eigenvalue weighted by molar-refractivity contribution is 7.15. The molecule has 3 heteroatoms. The molecule has 0 aliphatic heterocycles. The largest absolute Gasteiger partial charge is 0.484 e. The van der Waals surface area contributed by atoms with Crippen LogP contribution in [0.1, 0.15) is 106 Å². The number of aldehydes is 1. The predicted molar refractivity (Wildman–Crippen MR) is 115 cm³/mol. The van der Waals surface area contributed by atoms with Gasteiger partial charge >= 0.3 is 0 Å². The summed E-state index contributed by atoms with van der Waals surface area (Å²) in [7, 11) is 0. The first-order valence-electron chi connectivity index (χ1n) is 10.7. The number of unbranched alkanes of at least 4 members (excludes halogenated alkanes) is 12. The van der Waals surface area contributed by atoms with E-state index in [2.05, 4.69) is 19.1 Å². The van der Waals surface area contributed by atoms with Crippen molar-refractivity contribution in [1.29, 1.82) is 0 Å². The molecular formula is C23H38O2S. The Morgan fingerprint density at radius 2 is 1.38 bits per heavy atom. The topological polar surface area (TPSA) is 26.3 Å². The van der Waals surface area contributed by atoms with Crippen molar-refractivity contribution in [2.45, 2.75) is 96.8 Å². The third kappa shape index (κ3) is 13.2. The first kappa shape index (κ1) is 23.0. The molecule has 0 aliphatic rings. The van der Waals surface area contributed by atoms with E-state index in [1.165, 1.54) is 94.8 Å². The summed E-state index contributed by atoms with van der Waals surface area (Å²) in [6.07, 6.45) is 24.1. The Balaban J connectivity index is 1.77. The first-order chi connectivity index (χ1) is 12.9. The van der Waals surface area contributed by atoms with Crippen molar-refractivity contribution in [3.63, 3.8) is 0 Å². The van der Waals surface area contributed by atoms with Gasteiger partial charge in [-0.05, 0) is 44.2 Å². The van der Waals surface area contributed by atoms with Gasteiger partial charge in [-0.1, -0.05) is 88.2 Å². The molecule has 0 fully saturated rings. The predicted octanol–water partition coefficient (Wildman–Crippen LogP) is 7.98. The Morgan fingerprint density at radius 1 is 0.808 bits per heavy atom. The zero-order valence-corrected chi connectivity index (χ0v) is 17.5. The van der Waals surface area contributed by atoms with Crippen LogP contribution in [0.25, 0.3) is 0 Å². The molecule has 0 amide bonds. The van der Waals surface area contributed by atoms with E-state index in [-0.39, 0.29) is 0 Å². The lowest BCUT2D eigenvalue weighted by Gasteiger charge is -2.03. The van der Waals surface area contributed by atoms with Gasteiger partial charge in [0.2, 0.25) is 0 Å². The molecule has 2 nitrogen and oxygen atoms in total. The van der Waals surface area contributed by atoms with Crippen LogP contribution in [-0.4, -0.2) is 12.9 Å². The lowest BCUT2D eigenvalue weighted by Crippen LogP contribution is -1.95. The molecule has 0 aliphatic carbocycles. The molecule has 1 aromatic heterocycles. The maximum absolute atomic E-state index is 10.6.